The van der Waals surface area contributed by atoms with Crippen molar-refractivity contribution in [1.29, 1.82) is 0 Å². The van der Waals surface area contributed by atoms with Gasteiger partial charge in [-0.25, -0.2) is 0 Å². The number of piperidine rings is 2. The van der Waals surface area contributed by atoms with E-state index in [4.69, 9.17) is 4.74 Å². The first-order valence-electron chi connectivity index (χ1n) is 9.80. The molecule has 0 bridgehead atoms. The Hall–Kier alpha value is -1.59. The van der Waals surface area contributed by atoms with Crippen LogP contribution in [0.15, 0.2) is 24.3 Å². The van der Waals surface area contributed by atoms with Gasteiger partial charge in [-0.15, -0.1) is 0 Å². The Bertz CT molecular complexity index is 604. The van der Waals surface area contributed by atoms with Crippen molar-refractivity contribution in [3.05, 3.63) is 29.8 Å². The number of hydrogen-bond donors (Lipinski definition) is 1. The minimum absolute atomic E-state index is 0.00707. The van der Waals surface area contributed by atoms with Gasteiger partial charge in [-0.3, -0.25) is 4.79 Å². The molecule has 2 heterocycles. The van der Waals surface area contributed by atoms with Crippen LogP contribution >= 0.6 is 0 Å². The molecule has 0 radical (unpaired) electrons. The summed E-state index contributed by atoms with van der Waals surface area (Å²) in [4.78, 5) is 17.1. The van der Waals surface area contributed by atoms with Crippen LogP contribution in [0.3, 0.4) is 0 Å². The molecule has 3 rings (SSSR count). The third kappa shape index (κ3) is 4.04. The third-order valence-corrected chi connectivity index (χ3v) is 6.38. The summed E-state index contributed by atoms with van der Waals surface area (Å²) in [7, 11) is 3.80. The van der Waals surface area contributed by atoms with E-state index in [2.05, 4.69) is 24.1 Å². The van der Waals surface area contributed by atoms with Gasteiger partial charge < -0.3 is 19.6 Å². The van der Waals surface area contributed by atoms with Crippen molar-refractivity contribution in [2.24, 2.45) is 5.41 Å². The van der Waals surface area contributed by atoms with E-state index < -0.39 is 0 Å². The van der Waals surface area contributed by atoms with Crippen LogP contribution in [0.5, 0.6) is 5.75 Å². The maximum atomic E-state index is 12.7. The zero-order valence-electron chi connectivity index (χ0n) is 16.1. The van der Waals surface area contributed by atoms with Crippen LogP contribution in [-0.2, 0) is 11.2 Å². The van der Waals surface area contributed by atoms with Crippen LogP contribution in [-0.4, -0.2) is 67.3 Å². The lowest BCUT2D eigenvalue weighted by Crippen LogP contribution is -2.62. The van der Waals surface area contributed by atoms with Crippen LogP contribution in [0, 0.1) is 5.41 Å². The first-order chi connectivity index (χ1) is 12.6. The fraction of sp³-hybridized carbons (Fsp3) is 0.667. The van der Waals surface area contributed by atoms with Crippen molar-refractivity contribution in [1.82, 2.24) is 9.80 Å². The van der Waals surface area contributed by atoms with Gasteiger partial charge in [0.05, 0.1) is 13.7 Å². The maximum absolute atomic E-state index is 12.7. The molecule has 5 nitrogen and oxygen atoms in total. The van der Waals surface area contributed by atoms with Crippen molar-refractivity contribution < 1.29 is 14.6 Å². The topological polar surface area (TPSA) is 53.0 Å². The van der Waals surface area contributed by atoms with E-state index >= 15 is 0 Å². The molecule has 0 spiro atoms. The van der Waals surface area contributed by atoms with Gasteiger partial charge in [0.1, 0.15) is 5.75 Å². The van der Waals surface area contributed by atoms with Gasteiger partial charge in [-0.05, 0) is 63.4 Å². The van der Waals surface area contributed by atoms with Gasteiger partial charge in [-0.1, -0.05) is 12.1 Å². The number of fused-ring (bicyclic) bond motifs is 1. The molecule has 0 aromatic heterocycles. The summed E-state index contributed by atoms with van der Waals surface area (Å²) >= 11 is 0. The van der Waals surface area contributed by atoms with E-state index in [1.54, 1.807) is 7.11 Å². The third-order valence-electron chi connectivity index (χ3n) is 6.38. The zero-order valence-corrected chi connectivity index (χ0v) is 16.1. The summed E-state index contributed by atoms with van der Waals surface area (Å²) in [6, 6.07) is 8.36. The fourth-order valence-corrected chi connectivity index (χ4v) is 4.64. The number of aliphatic hydroxyl groups is 1. The molecule has 1 amide bonds. The summed E-state index contributed by atoms with van der Waals surface area (Å²) in [6.07, 6.45) is 5.51. The van der Waals surface area contributed by atoms with Crippen molar-refractivity contribution >= 4 is 5.91 Å². The predicted octanol–water partition coefficient (Wildman–Crippen LogP) is 2.32. The van der Waals surface area contributed by atoms with E-state index in [0.717, 1.165) is 57.5 Å². The molecule has 2 saturated heterocycles. The molecule has 1 aromatic carbocycles. The molecule has 0 unspecified atom stereocenters. The fourth-order valence-electron chi connectivity index (χ4n) is 4.64. The summed E-state index contributed by atoms with van der Waals surface area (Å²) in [5.41, 5.74) is 1.23. The maximum Gasteiger partial charge on any atom is 0.222 e. The predicted molar refractivity (Wildman–Crippen MR) is 102 cm³/mol. The quantitative estimate of drug-likeness (QED) is 0.846. The van der Waals surface area contributed by atoms with E-state index in [1.807, 2.05) is 17.0 Å². The first kappa shape index (κ1) is 19.2. The number of rotatable bonds is 6. The zero-order chi connectivity index (χ0) is 18.6. The molecule has 2 aliphatic rings. The summed E-state index contributed by atoms with van der Waals surface area (Å²) in [6.45, 7) is 2.85. The number of amides is 1. The molecule has 1 N–H and O–H groups in total. The van der Waals surface area contributed by atoms with Crippen LogP contribution in [0.4, 0.5) is 0 Å². The minimum Gasteiger partial charge on any atom is -0.497 e. The Morgan fingerprint density at radius 3 is 2.73 bits per heavy atom. The highest BCUT2D eigenvalue weighted by Crippen LogP contribution is 2.41. The summed E-state index contributed by atoms with van der Waals surface area (Å²) in [5.74, 6) is 1.12. The minimum atomic E-state index is -0.00707. The molecule has 2 fully saturated rings. The largest absolute Gasteiger partial charge is 0.497 e. The average Bonchev–Trinajstić information content (AvgIpc) is 2.68. The van der Waals surface area contributed by atoms with Gasteiger partial charge in [-0.2, -0.15) is 0 Å². The van der Waals surface area contributed by atoms with Gasteiger partial charge in [0.25, 0.3) is 0 Å². The number of likely N-dealkylation sites (N-methyl/N-ethyl adjacent to an activating group) is 1. The number of nitrogens with zero attached hydrogens (tertiary/aromatic N) is 2. The van der Waals surface area contributed by atoms with E-state index in [9.17, 15) is 9.90 Å². The number of carbonyl (C=O) groups is 1. The SMILES string of the molecule is COc1ccc(CCCC(=O)N2CC[C@@]3(CO)CCCN(C)[C@@H]3C2)cc1. The van der Waals surface area contributed by atoms with Gasteiger partial charge >= 0.3 is 0 Å². The molecule has 5 heteroatoms. The lowest BCUT2D eigenvalue weighted by atomic mass is 9.69. The molecule has 2 aliphatic heterocycles. The highest BCUT2D eigenvalue weighted by molar-refractivity contribution is 5.76. The Labute approximate surface area is 156 Å². The first-order valence-corrected chi connectivity index (χ1v) is 9.80. The second kappa shape index (κ2) is 8.40. The van der Waals surface area contributed by atoms with Crippen molar-refractivity contribution in [2.75, 3.05) is 40.4 Å². The molecular weight excluding hydrogens is 328 g/mol. The molecule has 0 aliphatic carbocycles. The molecule has 0 saturated carbocycles. The van der Waals surface area contributed by atoms with E-state index in [1.165, 1.54) is 5.56 Å². The number of carbonyl (C=O) groups excluding carboxylic acids is 1. The number of ether oxygens (including phenoxy) is 1. The Morgan fingerprint density at radius 1 is 1.27 bits per heavy atom. The van der Waals surface area contributed by atoms with Gasteiger partial charge in [0.15, 0.2) is 0 Å². The second-order valence-electron chi connectivity index (χ2n) is 7.91. The van der Waals surface area contributed by atoms with Gasteiger partial charge in [0.2, 0.25) is 5.91 Å². The lowest BCUT2D eigenvalue weighted by Gasteiger charge is -2.53. The Morgan fingerprint density at radius 2 is 2.04 bits per heavy atom. The number of hydrogen-bond acceptors (Lipinski definition) is 4. The number of likely N-dealkylation sites (tertiary alicyclic amines) is 2. The number of aliphatic hydroxyl groups excluding tert-OH is 1. The Balaban J connectivity index is 1.50. The molecule has 1 aromatic rings. The molecule has 26 heavy (non-hydrogen) atoms. The van der Waals surface area contributed by atoms with Gasteiger partial charge in [0, 0.05) is 31.0 Å². The number of aryl methyl sites for hydroxylation is 1. The Kier molecular flexibility index (Phi) is 6.20. The molecule has 2 atom stereocenters. The van der Waals surface area contributed by atoms with Crippen LogP contribution < -0.4 is 4.74 Å². The van der Waals surface area contributed by atoms with Crippen LogP contribution in [0.2, 0.25) is 0 Å². The smallest absolute Gasteiger partial charge is 0.222 e. The normalized spacial score (nSPS) is 26.4. The van der Waals surface area contributed by atoms with Crippen LogP contribution in [0.1, 0.15) is 37.7 Å². The summed E-state index contributed by atoms with van der Waals surface area (Å²) < 4.78 is 5.18. The van der Waals surface area contributed by atoms with Crippen molar-refractivity contribution in [3.8, 4) is 5.75 Å². The highest BCUT2D eigenvalue weighted by Gasteiger charge is 2.47. The van der Waals surface area contributed by atoms with E-state index in [-0.39, 0.29) is 17.9 Å². The highest BCUT2D eigenvalue weighted by atomic mass is 16.5. The standard InChI is InChI=1S/C21H32N2O3/c1-22-13-4-11-21(16-24)12-14-23(15-19(21)22)20(25)6-3-5-17-7-9-18(26-2)10-8-17/h7-10,19,24H,3-6,11-16H2,1-2H3/t19-,21-/m1/s1. The van der Waals surface area contributed by atoms with Crippen LogP contribution in [0.25, 0.3) is 0 Å². The summed E-state index contributed by atoms with van der Waals surface area (Å²) in [5, 5.41) is 9.99. The van der Waals surface area contributed by atoms with Crippen molar-refractivity contribution in [2.45, 2.75) is 44.6 Å². The molecular formula is C21H32N2O3. The molecule has 144 valence electrons. The monoisotopic (exact) mass is 360 g/mol. The van der Waals surface area contributed by atoms with Crippen molar-refractivity contribution in [3.63, 3.8) is 0 Å². The average molecular weight is 360 g/mol. The number of methoxy groups -OCH3 is 1. The second-order valence-corrected chi connectivity index (χ2v) is 7.91. The lowest BCUT2D eigenvalue weighted by molar-refractivity contribution is -0.139. The van der Waals surface area contributed by atoms with E-state index in [0.29, 0.717) is 12.5 Å². The number of benzene rings is 1.